The van der Waals surface area contributed by atoms with Crippen LogP contribution in [0.1, 0.15) is 30.1 Å². The number of sulfonamides is 1. The molecule has 0 spiro atoms. The molecule has 6 nitrogen and oxygen atoms in total. The Labute approximate surface area is 129 Å². The Bertz CT molecular complexity index is 590. The summed E-state index contributed by atoms with van der Waals surface area (Å²) in [6.45, 7) is 3.45. The molecule has 21 heavy (non-hydrogen) atoms. The van der Waals surface area contributed by atoms with Crippen LogP contribution in [0.2, 0.25) is 5.02 Å². The third-order valence-corrected chi connectivity index (χ3v) is 3.75. The van der Waals surface area contributed by atoms with E-state index in [-0.39, 0.29) is 15.5 Å². The molecule has 8 heteroatoms. The highest BCUT2D eigenvalue weighted by Crippen LogP contribution is 2.18. The van der Waals surface area contributed by atoms with Gasteiger partial charge in [0.25, 0.3) is 5.91 Å². The number of carbonyl (C=O) groups is 1. The predicted octanol–water partition coefficient (Wildman–Crippen LogP) is 1.53. The van der Waals surface area contributed by atoms with E-state index in [1.165, 1.54) is 18.2 Å². The molecule has 0 aromatic heterocycles. The molecule has 0 fully saturated rings. The number of primary sulfonamides is 1. The van der Waals surface area contributed by atoms with Crippen molar-refractivity contribution in [3.05, 3.63) is 28.8 Å². The van der Waals surface area contributed by atoms with Crippen LogP contribution in [-0.4, -0.2) is 34.1 Å². The zero-order valence-electron chi connectivity index (χ0n) is 11.8. The summed E-state index contributed by atoms with van der Waals surface area (Å²) >= 11 is 5.79. The minimum atomic E-state index is -3.91. The maximum atomic E-state index is 11.9. The Kier molecular flexibility index (Phi) is 7.10. The Balaban J connectivity index is 2.60. The lowest BCUT2D eigenvalue weighted by Gasteiger charge is -2.08. The van der Waals surface area contributed by atoms with E-state index < -0.39 is 15.9 Å². The van der Waals surface area contributed by atoms with Crippen LogP contribution in [-0.2, 0) is 14.8 Å². The fraction of sp³-hybridized carbons (Fsp3) is 0.462. The van der Waals surface area contributed by atoms with Gasteiger partial charge >= 0.3 is 0 Å². The average molecular weight is 335 g/mol. The number of carbonyl (C=O) groups excluding carboxylic acids is 1. The maximum absolute atomic E-state index is 11.9. The second kappa shape index (κ2) is 8.33. The fourth-order valence-electron chi connectivity index (χ4n) is 1.55. The summed E-state index contributed by atoms with van der Waals surface area (Å²) in [5.74, 6) is -0.429. The van der Waals surface area contributed by atoms with Gasteiger partial charge in [0.05, 0.1) is 11.5 Å². The van der Waals surface area contributed by atoms with Crippen molar-refractivity contribution in [2.75, 3.05) is 19.8 Å². The number of hydrogen-bond acceptors (Lipinski definition) is 4. The van der Waals surface area contributed by atoms with E-state index in [0.29, 0.717) is 19.8 Å². The predicted molar refractivity (Wildman–Crippen MR) is 80.9 cm³/mol. The van der Waals surface area contributed by atoms with Crippen molar-refractivity contribution in [2.45, 2.75) is 24.7 Å². The molecule has 0 radical (unpaired) electrons. The average Bonchev–Trinajstić information content (AvgIpc) is 2.40. The number of hydrogen-bond donors (Lipinski definition) is 2. The molecule has 3 N–H and O–H groups in total. The van der Waals surface area contributed by atoms with Gasteiger partial charge in [0.2, 0.25) is 10.0 Å². The molecule has 1 aromatic rings. The van der Waals surface area contributed by atoms with Gasteiger partial charge in [-0.25, -0.2) is 13.6 Å². The van der Waals surface area contributed by atoms with E-state index in [1.54, 1.807) is 0 Å². The lowest BCUT2D eigenvalue weighted by molar-refractivity contribution is 0.0912. The first-order valence-electron chi connectivity index (χ1n) is 6.54. The summed E-state index contributed by atoms with van der Waals surface area (Å²) in [6.07, 6.45) is 2.02. The van der Waals surface area contributed by atoms with Crippen LogP contribution in [0, 0.1) is 0 Å². The number of halogens is 1. The molecule has 0 saturated carbocycles. The Morgan fingerprint density at radius 2 is 2.05 bits per heavy atom. The Morgan fingerprint density at radius 3 is 2.67 bits per heavy atom. The molecular weight excluding hydrogens is 316 g/mol. The number of ether oxygens (including phenoxy) is 1. The van der Waals surface area contributed by atoms with Gasteiger partial charge in [-0.05, 0) is 24.6 Å². The summed E-state index contributed by atoms with van der Waals surface area (Å²) in [5, 5.41) is 7.78. The number of nitrogens with two attached hydrogens (primary N) is 1. The molecule has 0 heterocycles. The standard InChI is InChI=1S/C13H19ClN2O4S/c1-2-3-5-20-6-4-16-13(17)10-7-11(14)9-12(8-10)21(15,18)19/h7-9H,2-6H2,1H3,(H,16,17)(H2,15,18,19). The SMILES string of the molecule is CCCCOCCNC(=O)c1cc(Cl)cc(S(N)(=O)=O)c1. The first kappa shape index (κ1) is 17.9. The Morgan fingerprint density at radius 1 is 1.33 bits per heavy atom. The van der Waals surface area contributed by atoms with Crippen LogP contribution in [0.5, 0.6) is 0 Å². The van der Waals surface area contributed by atoms with Crippen molar-refractivity contribution in [3.8, 4) is 0 Å². The van der Waals surface area contributed by atoms with Crippen LogP contribution in [0.15, 0.2) is 23.1 Å². The van der Waals surface area contributed by atoms with Crippen molar-refractivity contribution in [1.82, 2.24) is 5.32 Å². The summed E-state index contributed by atoms with van der Waals surface area (Å²) in [6, 6.07) is 3.76. The van der Waals surface area contributed by atoms with Gasteiger partial charge in [-0.1, -0.05) is 24.9 Å². The van der Waals surface area contributed by atoms with Crippen LogP contribution in [0.3, 0.4) is 0 Å². The Hall–Kier alpha value is -1.15. The minimum absolute atomic E-state index is 0.130. The smallest absolute Gasteiger partial charge is 0.251 e. The lowest BCUT2D eigenvalue weighted by atomic mass is 10.2. The van der Waals surface area contributed by atoms with Crippen molar-refractivity contribution in [3.63, 3.8) is 0 Å². The lowest BCUT2D eigenvalue weighted by Crippen LogP contribution is -2.27. The quantitative estimate of drug-likeness (QED) is 0.704. The molecule has 1 rings (SSSR count). The van der Waals surface area contributed by atoms with E-state index in [4.69, 9.17) is 21.5 Å². The third kappa shape index (κ3) is 6.43. The van der Waals surface area contributed by atoms with Crippen molar-refractivity contribution >= 4 is 27.5 Å². The van der Waals surface area contributed by atoms with E-state index in [0.717, 1.165) is 12.8 Å². The molecule has 0 aliphatic heterocycles. The molecule has 0 bridgehead atoms. The first-order chi connectivity index (χ1) is 9.84. The zero-order chi connectivity index (χ0) is 15.9. The largest absolute Gasteiger partial charge is 0.380 e. The molecule has 0 saturated heterocycles. The molecule has 0 aliphatic carbocycles. The zero-order valence-corrected chi connectivity index (χ0v) is 13.3. The van der Waals surface area contributed by atoms with Crippen molar-refractivity contribution in [1.29, 1.82) is 0 Å². The fourth-order valence-corrected chi connectivity index (χ4v) is 2.43. The van der Waals surface area contributed by atoms with Crippen molar-refractivity contribution in [2.24, 2.45) is 5.14 Å². The molecule has 1 amide bonds. The van der Waals surface area contributed by atoms with E-state index in [2.05, 4.69) is 12.2 Å². The number of benzene rings is 1. The van der Waals surface area contributed by atoms with Crippen LogP contribution >= 0.6 is 11.6 Å². The molecular formula is C13H19ClN2O4S. The number of rotatable bonds is 8. The molecule has 0 aliphatic rings. The van der Waals surface area contributed by atoms with Gasteiger partial charge in [-0.3, -0.25) is 4.79 Å². The third-order valence-electron chi connectivity index (χ3n) is 2.64. The van der Waals surface area contributed by atoms with Crippen LogP contribution in [0.4, 0.5) is 0 Å². The van der Waals surface area contributed by atoms with E-state index in [9.17, 15) is 13.2 Å². The van der Waals surface area contributed by atoms with Gasteiger partial charge in [0, 0.05) is 23.7 Å². The second-order valence-electron chi connectivity index (χ2n) is 4.44. The van der Waals surface area contributed by atoms with Gasteiger partial charge in [-0.15, -0.1) is 0 Å². The normalized spacial score (nSPS) is 11.4. The number of unbranched alkanes of at least 4 members (excludes halogenated alkanes) is 1. The topological polar surface area (TPSA) is 98.5 Å². The highest BCUT2D eigenvalue weighted by Gasteiger charge is 2.14. The number of amides is 1. The highest BCUT2D eigenvalue weighted by atomic mass is 35.5. The minimum Gasteiger partial charge on any atom is -0.380 e. The van der Waals surface area contributed by atoms with Gasteiger partial charge in [0.1, 0.15) is 0 Å². The summed E-state index contributed by atoms with van der Waals surface area (Å²) < 4.78 is 27.9. The second-order valence-corrected chi connectivity index (χ2v) is 6.44. The van der Waals surface area contributed by atoms with Gasteiger partial charge < -0.3 is 10.1 Å². The van der Waals surface area contributed by atoms with Crippen molar-refractivity contribution < 1.29 is 17.9 Å². The summed E-state index contributed by atoms with van der Waals surface area (Å²) in [4.78, 5) is 11.7. The molecule has 0 atom stereocenters. The first-order valence-corrected chi connectivity index (χ1v) is 8.46. The van der Waals surface area contributed by atoms with Gasteiger partial charge in [0.15, 0.2) is 0 Å². The monoisotopic (exact) mass is 334 g/mol. The highest BCUT2D eigenvalue weighted by molar-refractivity contribution is 7.89. The van der Waals surface area contributed by atoms with Gasteiger partial charge in [-0.2, -0.15) is 0 Å². The van der Waals surface area contributed by atoms with E-state index >= 15 is 0 Å². The maximum Gasteiger partial charge on any atom is 0.251 e. The number of nitrogens with one attached hydrogen (secondary N) is 1. The summed E-state index contributed by atoms with van der Waals surface area (Å²) in [5.41, 5.74) is 0.139. The summed E-state index contributed by atoms with van der Waals surface area (Å²) in [7, 11) is -3.91. The van der Waals surface area contributed by atoms with Crippen LogP contribution in [0.25, 0.3) is 0 Å². The van der Waals surface area contributed by atoms with E-state index in [1.807, 2.05) is 0 Å². The molecule has 0 unspecified atom stereocenters. The molecule has 118 valence electrons. The van der Waals surface area contributed by atoms with Crippen LogP contribution < -0.4 is 10.5 Å². The molecule has 1 aromatic carbocycles.